The van der Waals surface area contributed by atoms with E-state index in [1.165, 1.54) is 14.2 Å². The van der Waals surface area contributed by atoms with E-state index in [1.54, 1.807) is 6.08 Å². The number of ether oxygens (including phenoxy) is 2. The Morgan fingerprint density at radius 3 is 2.64 bits per heavy atom. The van der Waals surface area contributed by atoms with Gasteiger partial charge in [-0.15, -0.1) is 6.58 Å². The molecule has 0 saturated heterocycles. The van der Waals surface area contributed by atoms with Gasteiger partial charge in [-0.3, -0.25) is 4.79 Å². The molecule has 0 aromatic heterocycles. The zero-order valence-corrected chi connectivity index (χ0v) is 13.4. The van der Waals surface area contributed by atoms with Crippen LogP contribution in [0.15, 0.2) is 22.6 Å². The molecule has 2 atom stereocenters. The summed E-state index contributed by atoms with van der Waals surface area (Å²) >= 11 is 0. The third-order valence-corrected chi connectivity index (χ3v) is 3.42. The summed E-state index contributed by atoms with van der Waals surface area (Å²) in [6.45, 7) is 7.71. The van der Waals surface area contributed by atoms with Crippen molar-refractivity contribution in [3.63, 3.8) is 0 Å². The molecule has 1 aliphatic rings. The molecular formula is C15H22N4O3. The van der Waals surface area contributed by atoms with Crippen molar-refractivity contribution < 1.29 is 19.1 Å². The van der Waals surface area contributed by atoms with Crippen LogP contribution in [-0.2, 0) is 14.3 Å². The van der Waals surface area contributed by atoms with Crippen molar-refractivity contribution in [1.82, 2.24) is 0 Å². The minimum Gasteiger partial charge on any atom is -0.483 e. The van der Waals surface area contributed by atoms with Crippen molar-refractivity contribution in [3.05, 3.63) is 18.2 Å². The Bertz CT molecular complexity index is 547. The summed E-state index contributed by atoms with van der Waals surface area (Å²) < 4.78 is 10.8. The van der Waals surface area contributed by atoms with Crippen molar-refractivity contribution in [2.45, 2.75) is 38.3 Å². The average molecular weight is 306 g/mol. The third kappa shape index (κ3) is 3.68. The molecule has 7 nitrogen and oxygen atoms in total. The summed E-state index contributed by atoms with van der Waals surface area (Å²) in [6, 6.07) is -0.264. The molecule has 0 radical (unpaired) electrons. The number of carbonyl (C=O) groups is 1. The van der Waals surface area contributed by atoms with Crippen LogP contribution in [0.4, 0.5) is 0 Å². The Morgan fingerprint density at radius 2 is 2.18 bits per heavy atom. The van der Waals surface area contributed by atoms with Crippen LogP contribution in [0.2, 0.25) is 0 Å². The molecule has 0 amide bonds. The standard InChI is InChI=1S/C15H22N4O3/c1-6-7-15(8-11(20)9-17-16)14(22-5)18-12(10(2)3)13(19-15)21-4/h6,9-10,12H,1,7-8H2,2-5H3/t12-,15+/m1/s1. The molecule has 7 heteroatoms. The second kappa shape index (κ2) is 7.66. The van der Waals surface area contributed by atoms with E-state index in [1.807, 2.05) is 13.8 Å². The first-order chi connectivity index (χ1) is 10.4. The van der Waals surface area contributed by atoms with Gasteiger partial charge < -0.3 is 15.0 Å². The molecule has 0 fully saturated rings. The highest BCUT2D eigenvalue weighted by Gasteiger charge is 2.44. The monoisotopic (exact) mass is 306 g/mol. The average Bonchev–Trinajstić information content (AvgIpc) is 2.46. The predicted octanol–water partition coefficient (Wildman–Crippen LogP) is 1.69. The van der Waals surface area contributed by atoms with Crippen LogP contribution >= 0.6 is 0 Å². The maximum Gasteiger partial charge on any atom is 0.323 e. The van der Waals surface area contributed by atoms with E-state index in [0.29, 0.717) is 18.2 Å². The van der Waals surface area contributed by atoms with Crippen LogP contribution in [0, 0.1) is 5.92 Å². The zero-order chi connectivity index (χ0) is 16.8. The zero-order valence-electron chi connectivity index (χ0n) is 13.4. The van der Waals surface area contributed by atoms with Crippen molar-refractivity contribution in [2.75, 3.05) is 14.2 Å². The molecule has 0 aromatic carbocycles. The smallest absolute Gasteiger partial charge is 0.323 e. The molecule has 0 N–H and O–H groups in total. The number of Topliss-reactive ketones (excluding diaryl/α,β-unsaturated/α-hetero) is 1. The summed E-state index contributed by atoms with van der Waals surface area (Å²) in [5.74, 6) is 0.578. The molecule has 0 bridgehead atoms. The highest BCUT2D eigenvalue weighted by Crippen LogP contribution is 2.31. The molecule has 0 aromatic rings. The van der Waals surface area contributed by atoms with Gasteiger partial charge in [0.05, 0.1) is 20.6 Å². The Kier molecular flexibility index (Phi) is 6.19. The first-order valence-electron chi connectivity index (χ1n) is 7.01. The lowest BCUT2D eigenvalue weighted by molar-refractivity contribution is -0.116. The second-order valence-corrected chi connectivity index (χ2v) is 5.39. The van der Waals surface area contributed by atoms with Gasteiger partial charge in [0.2, 0.25) is 17.6 Å². The van der Waals surface area contributed by atoms with Gasteiger partial charge in [0.15, 0.2) is 5.54 Å². The first kappa shape index (κ1) is 17.8. The summed E-state index contributed by atoms with van der Waals surface area (Å²) in [4.78, 5) is 23.8. The van der Waals surface area contributed by atoms with Crippen molar-refractivity contribution in [2.24, 2.45) is 15.9 Å². The number of hydrogen-bond acceptors (Lipinski definition) is 5. The number of rotatable bonds is 6. The molecule has 1 rings (SSSR count). The number of hydrogen-bond donors (Lipinski definition) is 0. The summed E-state index contributed by atoms with van der Waals surface area (Å²) in [5, 5.41) is 0. The van der Waals surface area contributed by atoms with Gasteiger partial charge in [-0.2, -0.15) is 4.79 Å². The Morgan fingerprint density at radius 1 is 1.50 bits per heavy atom. The Hall–Kier alpha value is -2.27. The van der Waals surface area contributed by atoms with Crippen LogP contribution < -0.4 is 0 Å². The molecule has 120 valence electrons. The number of nitrogens with zero attached hydrogens (tertiary/aromatic N) is 4. The highest BCUT2D eigenvalue weighted by atomic mass is 16.5. The molecule has 22 heavy (non-hydrogen) atoms. The van der Waals surface area contributed by atoms with Crippen LogP contribution in [0.1, 0.15) is 26.7 Å². The van der Waals surface area contributed by atoms with E-state index < -0.39 is 11.3 Å². The van der Waals surface area contributed by atoms with Crippen molar-refractivity contribution >= 4 is 23.8 Å². The van der Waals surface area contributed by atoms with E-state index in [0.717, 1.165) is 6.21 Å². The fraction of sp³-hybridized carbons (Fsp3) is 0.600. The summed E-state index contributed by atoms with van der Waals surface area (Å²) in [6.07, 6.45) is 2.79. The van der Waals surface area contributed by atoms with Gasteiger partial charge in [0.1, 0.15) is 6.04 Å². The lowest BCUT2D eigenvalue weighted by Crippen LogP contribution is -2.47. The molecule has 0 unspecified atom stereocenters. The lowest BCUT2D eigenvalue weighted by atomic mass is 9.87. The fourth-order valence-electron chi connectivity index (χ4n) is 2.43. The van der Waals surface area contributed by atoms with E-state index in [4.69, 9.17) is 15.0 Å². The van der Waals surface area contributed by atoms with Crippen molar-refractivity contribution in [1.29, 1.82) is 0 Å². The van der Waals surface area contributed by atoms with Gasteiger partial charge in [-0.05, 0) is 12.3 Å². The minimum atomic E-state index is -1.02. The molecular weight excluding hydrogens is 284 g/mol. The van der Waals surface area contributed by atoms with E-state index in [9.17, 15) is 4.79 Å². The number of ketones is 1. The lowest BCUT2D eigenvalue weighted by Gasteiger charge is -2.34. The minimum absolute atomic E-state index is 0.0482. The van der Waals surface area contributed by atoms with Crippen molar-refractivity contribution in [3.8, 4) is 0 Å². The van der Waals surface area contributed by atoms with Crippen LogP contribution in [0.5, 0.6) is 0 Å². The van der Waals surface area contributed by atoms with Crippen LogP contribution in [0.25, 0.3) is 5.53 Å². The molecule has 0 aliphatic carbocycles. The maximum atomic E-state index is 11.9. The van der Waals surface area contributed by atoms with Gasteiger partial charge in [0, 0.05) is 0 Å². The number of aliphatic imine (C=N–C) groups is 2. The fourth-order valence-corrected chi connectivity index (χ4v) is 2.43. The molecule has 1 aliphatic heterocycles. The first-order valence-corrected chi connectivity index (χ1v) is 7.01. The maximum absolute atomic E-state index is 11.9. The Labute approximate surface area is 130 Å². The molecule has 0 saturated carbocycles. The molecule has 0 spiro atoms. The Balaban J connectivity index is 3.36. The second-order valence-electron chi connectivity index (χ2n) is 5.39. The van der Waals surface area contributed by atoms with Gasteiger partial charge in [-0.25, -0.2) is 9.98 Å². The van der Waals surface area contributed by atoms with Gasteiger partial charge in [0.25, 0.3) is 0 Å². The van der Waals surface area contributed by atoms with E-state index >= 15 is 0 Å². The van der Waals surface area contributed by atoms with Crippen LogP contribution in [-0.4, -0.2) is 54.4 Å². The van der Waals surface area contributed by atoms with E-state index in [-0.39, 0.29) is 18.4 Å². The summed E-state index contributed by atoms with van der Waals surface area (Å²) in [5.41, 5.74) is 7.50. The molecule has 1 heterocycles. The summed E-state index contributed by atoms with van der Waals surface area (Å²) in [7, 11) is 3.02. The van der Waals surface area contributed by atoms with Gasteiger partial charge >= 0.3 is 6.21 Å². The van der Waals surface area contributed by atoms with Crippen LogP contribution in [0.3, 0.4) is 0 Å². The largest absolute Gasteiger partial charge is 0.483 e. The SMILES string of the molecule is C=CC[C@@]1(CC(=O)C=[N+]=[N-])N=C(OC)[C@@H](C(C)C)N=C1OC. The quantitative estimate of drug-likeness (QED) is 0.323. The predicted molar refractivity (Wildman–Crippen MR) is 84.4 cm³/mol. The topological polar surface area (TPSA) is 96.7 Å². The normalized spacial score (nSPS) is 24.0. The number of methoxy groups -OCH3 is 2. The van der Waals surface area contributed by atoms with Gasteiger partial charge in [-0.1, -0.05) is 19.9 Å². The highest BCUT2D eigenvalue weighted by molar-refractivity contribution is 6.26. The third-order valence-electron chi connectivity index (χ3n) is 3.42. The van der Waals surface area contributed by atoms with E-state index in [2.05, 4.69) is 21.4 Å². The number of carbonyl (C=O) groups excluding carboxylic acids is 1.